The molecule has 0 aliphatic heterocycles. The lowest BCUT2D eigenvalue weighted by Gasteiger charge is -2.20. The highest BCUT2D eigenvalue weighted by molar-refractivity contribution is 7.89. The third-order valence-corrected chi connectivity index (χ3v) is 5.79. The fourth-order valence-electron chi connectivity index (χ4n) is 1.76. The number of thiophene rings is 1. The number of hydrogen-bond acceptors (Lipinski definition) is 5. The van der Waals surface area contributed by atoms with Gasteiger partial charge in [-0.05, 0) is 24.3 Å². The predicted molar refractivity (Wildman–Crippen MR) is 85.8 cm³/mol. The lowest BCUT2D eigenvalue weighted by Crippen LogP contribution is -2.31. The summed E-state index contributed by atoms with van der Waals surface area (Å²) in [7, 11) is -3.74. The molecule has 2 heterocycles. The molecule has 2 N–H and O–H groups in total. The number of halogens is 1. The Morgan fingerprint density at radius 1 is 1.43 bits per heavy atom. The summed E-state index contributed by atoms with van der Waals surface area (Å²) in [4.78, 5) is 4.66. The molecule has 5 nitrogen and oxygen atoms in total. The van der Waals surface area contributed by atoms with Gasteiger partial charge in [0, 0.05) is 24.2 Å². The largest absolute Gasteiger partial charge is 0.383 e. The minimum Gasteiger partial charge on any atom is -0.383 e. The van der Waals surface area contributed by atoms with Crippen molar-refractivity contribution in [3.8, 4) is 0 Å². The fraction of sp³-hybridized carbons (Fsp3) is 0.154. The SMILES string of the molecule is C=CCN(Cc1ccc(Cl)s1)S(=O)(=O)c1cccnc1N. The number of sulfonamides is 1. The maximum absolute atomic E-state index is 12.7. The van der Waals surface area contributed by atoms with Crippen molar-refractivity contribution in [1.29, 1.82) is 0 Å². The molecular weight excluding hydrogens is 330 g/mol. The third kappa shape index (κ3) is 3.62. The molecule has 0 aliphatic rings. The molecule has 0 fully saturated rings. The van der Waals surface area contributed by atoms with Crippen LogP contribution in [-0.4, -0.2) is 24.3 Å². The van der Waals surface area contributed by atoms with Crippen molar-refractivity contribution in [3.63, 3.8) is 0 Å². The Bertz CT molecular complexity index is 743. The van der Waals surface area contributed by atoms with E-state index in [1.165, 1.54) is 40.0 Å². The first kappa shape index (κ1) is 16.0. The lowest BCUT2D eigenvalue weighted by atomic mass is 10.4. The number of anilines is 1. The number of aromatic nitrogens is 1. The summed E-state index contributed by atoms with van der Waals surface area (Å²) in [6, 6.07) is 6.51. The van der Waals surface area contributed by atoms with E-state index in [4.69, 9.17) is 17.3 Å². The van der Waals surface area contributed by atoms with Gasteiger partial charge in [-0.1, -0.05) is 17.7 Å². The second-order valence-electron chi connectivity index (χ2n) is 4.18. The summed E-state index contributed by atoms with van der Waals surface area (Å²) in [5, 5.41) is 0. The van der Waals surface area contributed by atoms with Crippen LogP contribution in [0, 0.1) is 0 Å². The zero-order valence-electron chi connectivity index (χ0n) is 11.1. The van der Waals surface area contributed by atoms with Gasteiger partial charge in [0.1, 0.15) is 10.7 Å². The first-order valence-corrected chi connectivity index (χ1v) is 8.64. The summed E-state index contributed by atoms with van der Waals surface area (Å²) >= 11 is 7.21. The second kappa shape index (κ2) is 6.57. The maximum atomic E-state index is 12.7. The Labute approximate surface area is 132 Å². The highest BCUT2D eigenvalue weighted by Gasteiger charge is 2.26. The van der Waals surface area contributed by atoms with Crippen molar-refractivity contribution in [3.05, 3.63) is 52.3 Å². The molecule has 0 saturated carbocycles. The first-order chi connectivity index (χ1) is 9.95. The monoisotopic (exact) mass is 343 g/mol. The van der Waals surface area contributed by atoms with Crippen LogP contribution in [0.3, 0.4) is 0 Å². The van der Waals surface area contributed by atoms with Crippen LogP contribution < -0.4 is 5.73 Å². The number of nitrogens with two attached hydrogens (primary N) is 1. The topological polar surface area (TPSA) is 76.3 Å². The third-order valence-electron chi connectivity index (χ3n) is 2.71. The van der Waals surface area contributed by atoms with Crippen LogP contribution in [-0.2, 0) is 16.6 Å². The molecule has 2 aromatic rings. The van der Waals surface area contributed by atoms with Crippen molar-refractivity contribution >= 4 is 38.8 Å². The predicted octanol–water partition coefficient (Wildman–Crippen LogP) is 2.76. The number of nitrogen functional groups attached to an aromatic ring is 1. The zero-order chi connectivity index (χ0) is 15.5. The van der Waals surface area contributed by atoms with Crippen LogP contribution >= 0.6 is 22.9 Å². The van der Waals surface area contributed by atoms with Crippen LogP contribution in [0.5, 0.6) is 0 Å². The van der Waals surface area contributed by atoms with E-state index in [0.717, 1.165) is 4.88 Å². The standard InChI is InChI=1S/C13H14ClN3O2S2/c1-2-8-17(9-10-5-6-12(14)20-10)21(18,19)11-4-3-7-16-13(11)15/h2-7H,1,8-9H2,(H2,15,16). The van der Waals surface area contributed by atoms with Crippen LogP contribution in [0.25, 0.3) is 0 Å². The Morgan fingerprint density at radius 2 is 2.19 bits per heavy atom. The molecule has 0 aliphatic carbocycles. The molecule has 0 saturated heterocycles. The van der Waals surface area contributed by atoms with E-state index in [1.54, 1.807) is 12.1 Å². The molecule has 0 amide bonds. The number of nitrogens with zero attached hydrogens (tertiary/aromatic N) is 2. The van der Waals surface area contributed by atoms with E-state index in [2.05, 4.69) is 11.6 Å². The number of rotatable bonds is 6. The molecule has 0 radical (unpaired) electrons. The van der Waals surface area contributed by atoms with Gasteiger partial charge in [0.25, 0.3) is 0 Å². The van der Waals surface area contributed by atoms with Gasteiger partial charge in [0.15, 0.2) is 0 Å². The van der Waals surface area contributed by atoms with E-state index in [0.29, 0.717) is 4.34 Å². The zero-order valence-corrected chi connectivity index (χ0v) is 13.5. The molecule has 0 spiro atoms. The van der Waals surface area contributed by atoms with E-state index < -0.39 is 10.0 Å². The van der Waals surface area contributed by atoms with Crippen LogP contribution in [0.1, 0.15) is 4.88 Å². The molecule has 8 heteroatoms. The van der Waals surface area contributed by atoms with Gasteiger partial charge in [0.05, 0.1) is 4.34 Å². The highest BCUT2D eigenvalue weighted by Crippen LogP contribution is 2.26. The molecule has 0 unspecified atom stereocenters. The van der Waals surface area contributed by atoms with E-state index in [1.807, 2.05) is 0 Å². The van der Waals surface area contributed by atoms with Gasteiger partial charge in [0.2, 0.25) is 10.0 Å². The molecule has 21 heavy (non-hydrogen) atoms. The van der Waals surface area contributed by atoms with Gasteiger partial charge in [-0.25, -0.2) is 13.4 Å². The van der Waals surface area contributed by atoms with E-state index in [-0.39, 0.29) is 23.8 Å². The molecular formula is C13H14ClN3O2S2. The fourth-order valence-corrected chi connectivity index (χ4v) is 4.40. The lowest BCUT2D eigenvalue weighted by molar-refractivity contribution is 0.441. The maximum Gasteiger partial charge on any atom is 0.247 e. The quantitative estimate of drug-likeness (QED) is 0.818. The summed E-state index contributed by atoms with van der Waals surface area (Å²) in [6.07, 6.45) is 2.98. The van der Waals surface area contributed by atoms with Crippen LogP contribution in [0.4, 0.5) is 5.82 Å². The summed E-state index contributed by atoms with van der Waals surface area (Å²) < 4.78 is 27.3. The Hall–Kier alpha value is -1.41. The molecule has 112 valence electrons. The van der Waals surface area contributed by atoms with E-state index in [9.17, 15) is 8.42 Å². The molecule has 0 bridgehead atoms. The Balaban J connectivity index is 2.37. The Morgan fingerprint density at radius 3 is 2.76 bits per heavy atom. The minimum absolute atomic E-state index is 0.00509. The average Bonchev–Trinajstić information content (AvgIpc) is 2.84. The summed E-state index contributed by atoms with van der Waals surface area (Å²) in [5.74, 6) is -0.0178. The summed E-state index contributed by atoms with van der Waals surface area (Å²) in [5.41, 5.74) is 5.68. The number of hydrogen-bond donors (Lipinski definition) is 1. The van der Waals surface area contributed by atoms with Crippen molar-refractivity contribution < 1.29 is 8.42 Å². The van der Waals surface area contributed by atoms with Gasteiger partial charge >= 0.3 is 0 Å². The van der Waals surface area contributed by atoms with Gasteiger partial charge < -0.3 is 5.73 Å². The Kier molecular flexibility index (Phi) is 5.00. The normalized spacial score (nSPS) is 11.7. The second-order valence-corrected chi connectivity index (χ2v) is 7.88. The number of pyridine rings is 1. The minimum atomic E-state index is -3.74. The molecule has 2 aromatic heterocycles. The molecule has 0 atom stereocenters. The van der Waals surface area contributed by atoms with Gasteiger partial charge in [-0.2, -0.15) is 4.31 Å². The van der Waals surface area contributed by atoms with Crippen molar-refractivity contribution in [1.82, 2.24) is 9.29 Å². The van der Waals surface area contributed by atoms with Crippen LogP contribution in [0.2, 0.25) is 4.34 Å². The highest BCUT2D eigenvalue weighted by atomic mass is 35.5. The van der Waals surface area contributed by atoms with Gasteiger partial charge in [-0.3, -0.25) is 0 Å². The first-order valence-electron chi connectivity index (χ1n) is 6.01. The smallest absolute Gasteiger partial charge is 0.247 e. The van der Waals surface area contributed by atoms with Crippen molar-refractivity contribution in [2.45, 2.75) is 11.4 Å². The van der Waals surface area contributed by atoms with Crippen molar-refractivity contribution in [2.24, 2.45) is 0 Å². The summed E-state index contributed by atoms with van der Waals surface area (Å²) in [6.45, 7) is 3.98. The van der Waals surface area contributed by atoms with Crippen molar-refractivity contribution in [2.75, 3.05) is 12.3 Å². The van der Waals surface area contributed by atoms with E-state index >= 15 is 0 Å². The molecule has 2 rings (SSSR count). The average molecular weight is 344 g/mol. The molecule has 0 aromatic carbocycles. The van der Waals surface area contributed by atoms with Crippen LogP contribution in [0.15, 0.2) is 48.0 Å². The van der Waals surface area contributed by atoms with Gasteiger partial charge in [-0.15, -0.1) is 17.9 Å².